The average molecular weight is 1430 g/mol. The molecule has 0 aromatic rings. The first-order valence-corrected chi connectivity index (χ1v) is 43.6. The van der Waals surface area contributed by atoms with Crippen molar-refractivity contribution in [3.63, 3.8) is 0 Å². The second kappa shape index (κ2) is 72.9. The molecular weight excluding hydrogens is 1280 g/mol. The first kappa shape index (κ1) is 95.5. The Hall–Kier alpha value is -2.46. The molecule has 0 aliphatic carbocycles. The molecule has 0 saturated carbocycles. The van der Waals surface area contributed by atoms with Crippen LogP contribution in [0.25, 0.3) is 0 Å². The van der Waals surface area contributed by atoms with Crippen LogP contribution < -0.4 is 0 Å². The van der Waals surface area contributed by atoms with E-state index in [1.165, 1.54) is 212 Å². The van der Waals surface area contributed by atoms with Gasteiger partial charge in [-0.05, 0) is 57.8 Å². The van der Waals surface area contributed by atoms with E-state index in [1.807, 2.05) is 0 Å². The summed E-state index contributed by atoms with van der Waals surface area (Å²) in [6.07, 6.45) is 67.2. The Morgan fingerprint density at radius 1 is 0.286 bits per heavy atom. The van der Waals surface area contributed by atoms with Crippen molar-refractivity contribution in [3.8, 4) is 0 Å². The molecule has 0 saturated heterocycles. The van der Waals surface area contributed by atoms with Crippen LogP contribution in [-0.4, -0.2) is 96.7 Å². The van der Waals surface area contributed by atoms with E-state index in [0.717, 1.165) is 109 Å². The van der Waals surface area contributed by atoms with Crippen LogP contribution in [0.3, 0.4) is 0 Å². The molecule has 98 heavy (non-hydrogen) atoms. The highest BCUT2D eigenvalue weighted by molar-refractivity contribution is 7.47. The number of allylic oxidation sites excluding steroid dienone is 4. The second-order valence-electron chi connectivity index (χ2n) is 27.7. The summed E-state index contributed by atoms with van der Waals surface area (Å²) in [5.74, 6) is -2.13. The Morgan fingerprint density at radius 2 is 0.500 bits per heavy atom. The summed E-state index contributed by atoms with van der Waals surface area (Å²) in [6, 6.07) is 0. The van der Waals surface area contributed by atoms with Crippen molar-refractivity contribution in [2.75, 3.05) is 39.6 Å². The molecule has 19 heteroatoms. The smallest absolute Gasteiger partial charge is 0.462 e. The Balaban J connectivity index is 5.29. The summed E-state index contributed by atoms with van der Waals surface area (Å²) in [5.41, 5.74) is 0. The van der Waals surface area contributed by atoms with Crippen LogP contribution in [0.5, 0.6) is 0 Å². The van der Waals surface area contributed by atoms with E-state index in [2.05, 4.69) is 52.0 Å². The molecule has 2 unspecified atom stereocenters. The maximum atomic E-state index is 13.1. The molecule has 3 N–H and O–H groups in total. The highest BCUT2D eigenvalue weighted by atomic mass is 31.2. The fraction of sp³-hybridized carbons (Fsp3) is 0.899. The van der Waals surface area contributed by atoms with Crippen LogP contribution >= 0.6 is 15.6 Å². The second-order valence-corrected chi connectivity index (χ2v) is 30.6. The van der Waals surface area contributed by atoms with E-state index >= 15 is 0 Å². The summed E-state index contributed by atoms with van der Waals surface area (Å²) in [6.45, 7) is 4.95. The minimum atomic E-state index is -4.97. The van der Waals surface area contributed by atoms with E-state index in [9.17, 15) is 43.2 Å². The largest absolute Gasteiger partial charge is 0.472 e. The van der Waals surface area contributed by atoms with Crippen molar-refractivity contribution < 1.29 is 80.2 Å². The van der Waals surface area contributed by atoms with Gasteiger partial charge in [0.2, 0.25) is 0 Å². The quantitative estimate of drug-likeness (QED) is 0.0169. The molecule has 0 fully saturated rings. The zero-order valence-electron chi connectivity index (χ0n) is 63.2. The minimum Gasteiger partial charge on any atom is -0.462 e. The van der Waals surface area contributed by atoms with Gasteiger partial charge in [-0.2, -0.15) is 0 Å². The number of rotatable bonds is 78. The predicted octanol–water partition coefficient (Wildman–Crippen LogP) is 23.3. The van der Waals surface area contributed by atoms with Crippen LogP contribution in [-0.2, 0) is 65.4 Å². The zero-order chi connectivity index (χ0) is 71.8. The van der Waals surface area contributed by atoms with Crippen LogP contribution in [0.4, 0.5) is 0 Å². The molecule has 0 radical (unpaired) electrons. The van der Waals surface area contributed by atoms with Crippen molar-refractivity contribution in [2.45, 2.75) is 418 Å². The SMILES string of the molecule is CCCCC/C=C\C/C=C\CCCCCCCC(=O)O[C@H](COC(=O)CCCCCCCCCCCCCCC)COP(=O)(O)OC[C@H](O)COP(=O)(O)OC[C@@H](COC(=O)CCCCCCCCCCCCCCC)OC(=O)CCCCCCCCCCCCCCCCCCC. The number of ether oxygens (including phenoxy) is 4. The first-order chi connectivity index (χ1) is 47.7. The number of aliphatic hydroxyl groups excluding tert-OH is 1. The Morgan fingerprint density at radius 3 is 0.776 bits per heavy atom. The third-order valence-corrected chi connectivity index (χ3v) is 19.9. The van der Waals surface area contributed by atoms with E-state index in [1.54, 1.807) is 0 Å². The minimum absolute atomic E-state index is 0.0876. The number of phosphoric acid groups is 2. The predicted molar refractivity (Wildman–Crippen MR) is 400 cm³/mol. The molecule has 0 aliphatic rings. The van der Waals surface area contributed by atoms with Crippen LogP contribution in [0, 0.1) is 0 Å². The third-order valence-electron chi connectivity index (χ3n) is 17.9. The van der Waals surface area contributed by atoms with Crippen molar-refractivity contribution in [3.05, 3.63) is 24.3 Å². The Labute approximate surface area is 599 Å². The molecule has 0 amide bonds. The van der Waals surface area contributed by atoms with Gasteiger partial charge in [0.1, 0.15) is 19.3 Å². The van der Waals surface area contributed by atoms with Gasteiger partial charge in [-0.25, -0.2) is 9.13 Å². The maximum Gasteiger partial charge on any atom is 0.472 e. The molecule has 578 valence electrons. The molecule has 0 aromatic carbocycles. The third kappa shape index (κ3) is 71.9. The topological polar surface area (TPSA) is 237 Å². The van der Waals surface area contributed by atoms with Crippen molar-refractivity contribution >= 4 is 39.5 Å². The summed E-state index contributed by atoms with van der Waals surface area (Å²) >= 11 is 0. The van der Waals surface area contributed by atoms with E-state index in [0.29, 0.717) is 25.7 Å². The average Bonchev–Trinajstić information content (AvgIpc) is 1.13. The van der Waals surface area contributed by atoms with Gasteiger partial charge in [0.25, 0.3) is 0 Å². The number of carbonyl (C=O) groups excluding carboxylic acids is 4. The lowest BCUT2D eigenvalue weighted by Crippen LogP contribution is -2.30. The van der Waals surface area contributed by atoms with E-state index in [-0.39, 0.29) is 25.7 Å². The van der Waals surface area contributed by atoms with Gasteiger partial charge < -0.3 is 33.8 Å². The highest BCUT2D eigenvalue weighted by Crippen LogP contribution is 2.45. The van der Waals surface area contributed by atoms with Crippen LogP contribution in [0.1, 0.15) is 400 Å². The lowest BCUT2D eigenvalue weighted by Gasteiger charge is -2.21. The zero-order valence-corrected chi connectivity index (χ0v) is 65.0. The number of esters is 4. The molecule has 0 heterocycles. The standard InChI is InChI=1S/C79H150O17P2/c1-5-9-13-17-21-25-29-33-35-36-38-42-46-50-54-58-62-66-79(84)96-75(70-90-77(82)64-60-56-52-48-44-40-32-28-24-20-16-12-8-4)72-94-98(87,88)92-68-73(80)67-91-97(85,86)93-71-74(69-89-76(81)63-59-55-51-47-43-39-31-27-23-19-15-11-7-3)95-78(83)65-61-57-53-49-45-41-37-34-30-26-22-18-14-10-6-2/h22,26,34,37,73-75,80H,5-21,23-25,27-33,35-36,38-72H2,1-4H3,(H,85,86)(H,87,88)/b26-22-,37-34-/t73-,74+,75+/m0/s1. The molecule has 0 spiro atoms. The Kier molecular flexibility index (Phi) is 71.0. The molecule has 0 bridgehead atoms. The molecule has 0 rings (SSSR count). The van der Waals surface area contributed by atoms with Gasteiger partial charge in [-0.1, -0.05) is 341 Å². The van der Waals surface area contributed by atoms with Crippen LogP contribution in [0.15, 0.2) is 24.3 Å². The summed E-state index contributed by atoms with van der Waals surface area (Å²) in [4.78, 5) is 73.0. The number of hydrogen-bond donors (Lipinski definition) is 3. The highest BCUT2D eigenvalue weighted by Gasteiger charge is 2.30. The molecule has 17 nitrogen and oxygen atoms in total. The van der Waals surface area contributed by atoms with E-state index in [4.69, 9.17) is 37.0 Å². The number of phosphoric ester groups is 2. The number of hydrogen-bond acceptors (Lipinski definition) is 15. The lowest BCUT2D eigenvalue weighted by atomic mass is 10.0. The van der Waals surface area contributed by atoms with Crippen molar-refractivity contribution in [2.24, 2.45) is 0 Å². The molecule has 5 atom stereocenters. The molecule has 0 aliphatic heterocycles. The summed E-state index contributed by atoms with van der Waals surface area (Å²) < 4.78 is 68.6. The van der Waals surface area contributed by atoms with Gasteiger partial charge in [0, 0.05) is 25.7 Å². The van der Waals surface area contributed by atoms with Crippen molar-refractivity contribution in [1.82, 2.24) is 0 Å². The van der Waals surface area contributed by atoms with Gasteiger partial charge in [0.05, 0.1) is 26.4 Å². The summed E-state index contributed by atoms with van der Waals surface area (Å²) in [7, 11) is -9.93. The van der Waals surface area contributed by atoms with Gasteiger partial charge in [-0.15, -0.1) is 0 Å². The normalized spacial score (nSPS) is 14.0. The van der Waals surface area contributed by atoms with Crippen molar-refractivity contribution in [1.29, 1.82) is 0 Å². The number of aliphatic hydroxyl groups is 1. The van der Waals surface area contributed by atoms with Gasteiger partial charge >= 0.3 is 39.5 Å². The fourth-order valence-corrected chi connectivity index (χ4v) is 13.3. The lowest BCUT2D eigenvalue weighted by molar-refractivity contribution is -0.161. The number of carbonyl (C=O) groups is 4. The first-order valence-electron chi connectivity index (χ1n) is 40.6. The molecule has 0 aromatic heterocycles. The maximum absolute atomic E-state index is 13.1. The monoisotopic (exact) mass is 1430 g/mol. The van der Waals surface area contributed by atoms with Gasteiger partial charge in [0.15, 0.2) is 12.2 Å². The van der Waals surface area contributed by atoms with Crippen LogP contribution in [0.2, 0.25) is 0 Å². The van der Waals surface area contributed by atoms with Gasteiger partial charge in [-0.3, -0.25) is 37.3 Å². The van der Waals surface area contributed by atoms with E-state index < -0.39 is 97.5 Å². The number of unbranched alkanes of at least 4 members (excludes halogenated alkanes) is 48. The summed E-state index contributed by atoms with van der Waals surface area (Å²) in [5, 5.41) is 10.6. The fourth-order valence-electron chi connectivity index (χ4n) is 11.7. The molecular formula is C79H150O17P2. The Bertz CT molecular complexity index is 1950.